The normalized spacial score (nSPS) is 22.4. The van der Waals surface area contributed by atoms with E-state index in [1.165, 1.54) is 0 Å². The Morgan fingerprint density at radius 2 is 2.03 bits per heavy atom. The van der Waals surface area contributed by atoms with Gasteiger partial charge in [-0.1, -0.05) is 17.0 Å². The van der Waals surface area contributed by atoms with E-state index in [0.29, 0.717) is 42.4 Å². The van der Waals surface area contributed by atoms with Gasteiger partial charge in [0.1, 0.15) is 17.6 Å². The van der Waals surface area contributed by atoms with Gasteiger partial charge >= 0.3 is 5.97 Å². The first-order valence-electron chi connectivity index (χ1n) is 11.2. The monoisotopic (exact) mass is 446 g/mol. The number of aliphatic hydroxyl groups excluding tert-OH is 1. The van der Waals surface area contributed by atoms with E-state index in [0.717, 1.165) is 29.9 Å². The van der Waals surface area contributed by atoms with Gasteiger partial charge in [0, 0.05) is 55.1 Å². The third-order valence-electron chi connectivity index (χ3n) is 6.48. The number of imidazole rings is 1. The van der Waals surface area contributed by atoms with E-state index < -0.39 is 12.1 Å². The predicted octanol–water partition coefficient (Wildman–Crippen LogP) is 2.64. The molecule has 5 rings (SSSR count). The van der Waals surface area contributed by atoms with Gasteiger partial charge in [-0.05, 0) is 43.0 Å². The minimum atomic E-state index is -0.736. The molecule has 3 aromatic rings. The van der Waals surface area contributed by atoms with Gasteiger partial charge in [0.2, 0.25) is 0 Å². The van der Waals surface area contributed by atoms with Crippen molar-refractivity contribution in [2.75, 3.05) is 19.6 Å². The van der Waals surface area contributed by atoms with E-state index in [9.17, 15) is 9.90 Å². The minimum absolute atomic E-state index is 0.210. The number of carboxylic acids is 1. The molecule has 2 fully saturated rings. The Hall–Kier alpha value is -3.41. The molecule has 0 bridgehead atoms. The number of likely N-dealkylation sites (tertiary alicyclic amines) is 1. The molecule has 1 saturated heterocycles. The van der Waals surface area contributed by atoms with Crippen LogP contribution >= 0.6 is 0 Å². The van der Waals surface area contributed by atoms with E-state index >= 15 is 0 Å². The highest BCUT2D eigenvalue weighted by atomic mass is 16.5. The Morgan fingerprint density at radius 3 is 2.73 bits per heavy atom. The molecule has 0 unspecified atom stereocenters. The molecule has 1 saturated carbocycles. The van der Waals surface area contributed by atoms with Crippen molar-refractivity contribution in [3.8, 4) is 23.2 Å². The summed E-state index contributed by atoms with van der Waals surface area (Å²) in [5.41, 5.74) is 2.65. The van der Waals surface area contributed by atoms with Crippen molar-refractivity contribution in [3.05, 3.63) is 59.8 Å². The minimum Gasteiger partial charge on any atom is -0.481 e. The van der Waals surface area contributed by atoms with Crippen molar-refractivity contribution in [1.29, 1.82) is 0 Å². The summed E-state index contributed by atoms with van der Waals surface area (Å²) in [6.07, 6.45) is 3.03. The van der Waals surface area contributed by atoms with Crippen LogP contribution in [0.15, 0.2) is 47.2 Å². The Bertz CT molecular complexity index is 1190. The first-order chi connectivity index (χ1) is 16.0. The summed E-state index contributed by atoms with van der Waals surface area (Å²) in [5.74, 6) is 8.83. The zero-order valence-electron chi connectivity index (χ0n) is 18.4. The van der Waals surface area contributed by atoms with Crippen molar-refractivity contribution in [3.63, 3.8) is 0 Å². The summed E-state index contributed by atoms with van der Waals surface area (Å²) in [4.78, 5) is 17.1. The molecule has 1 aromatic carbocycles. The first kappa shape index (κ1) is 21.4. The van der Waals surface area contributed by atoms with E-state index in [-0.39, 0.29) is 6.42 Å². The molecular weight excluding hydrogens is 420 g/mol. The number of nitrogens with zero attached hydrogens (tertiary/aromatic N) is 4. The van der Waals surface area contributed by atoms with Gasteiger partial charge in [-0.3, -0.25) is 4.79 Å². The van der Waals surface area contributed by atoms with Crippen molar-refractivity contribution in [2.24, 2.45) is 17.8 Å². The molecule has 0 radical (unpaired) electrons. The van der Waals surface area contributed by atoms with Gasteiger partial charge in [-0.2, -0.15) is 0 Å². The number of piperidine rings is 1. The standard InChI is InChI=1S/C25H26N4O4/c1-16(30)25-26-9-11-29(25)13-19-12-23(33-27-19)18-5-2-17(3-6-18)4-7-20-21-14-28(15-22(20)21)10-8-24(31)32/h2-3,5-6,9,11-12,16,20-22,30H,8,10,13-15H2,1H3,(H,31,32)/t16-,20-,21-,22+/m0/s1. The maximum atomic E-state index is 10.7. The fourth-order valence-corrected chi connectivity index (χ4v) is 4.67. The summed E-state index contributed by atoms with van der Waals surface area (Å²) in [5, 5.41) is 22.8. The van der Waals surface area contributed by atoms with Gasteiger partial charge < -0.3 is 24.2 Å². The lowest BCUT2D eigenvalue weighted by Crippen LogP contribution is -2.26. The van der Waals surface area contributed by atoms with Crippen LogP contribution in [0.1, 0.15) is 36.5 Å². The molecule has 3 heterocycles. The van der Waals surface area contributed by atoms with Crippen molar-refractivity contribution < 1.29 is 19.5 Å². The van der Waals surface area contributed by atoms with Gasteiger partial charge in [0.25, 0.3) is 0 Å². The molecular formula is C25H26N4O4. The summed E-state index contributed by atoms with van der Waals surface area (Å²) in [6.45, 7) is 4.72. The number of aliphatic carboxylic acids is 1. The molecule has 8 nitrogen and oxygen atoms in total. The molecule has 0 amide bonds. The van der Waals surface area contributed by atoms with Crippen molar-refractivity contribution in [1.82, 2.24) is 19.6 Å². The van der Waals surface area contributed by atoms with Crippen molar-refractivity contribution >= 4 is 5.97 Å². The summed E-state index contributed by atoms with van der Waals surface area (Å²) < 4.78 is 7.37. The average Bonchev–Trinajstić information content (AvgIpc) is 3.29. The maximum absolute atomic E-state index is 10.7. The number of hydrogen-bond donors (Lipinski definition) is 2. The number of aromatic nitrogens is 3. The second-order valence-corrected chi connectivity index (χ2v) is 8.88. The Balaban J connectivity index is 1.17. The van der Waals surface area contributed by atoms with Crippen LogP contribution in [-0.4, -0.2) is 55.4 Å². The molecule has 1 aliphatic heterocycles. The Morgan fingerprint density at radius 1 is 1.27 bits per heavy atom. The number of hydrogen-bond acceptors (Lipinski definition) is 6. The first-order valence-corrected chi connectivity index (χ1v) is 11.2. The molecule has 2 N–H and O–H groups in total. The van der Waals surface area contributed by atoms with Gasteiger partial charge in [0.05, 0.1) is 13.0 Å². The Labute approximate surface area is 191 Å². The van der Waals surface area contributed by atoms with Crippen LogP contribution in [-0.2, 0) is 11.3 Å². The Kier molecular flexibility index (Phi) is 5.75. The number of carbonyl (C=O) groups is 1. The van der Waals surface area contributed by atoms with Gasteiger partial charge in [-0.15, -0.1) is 0 Å². The number of carboxylic acid groups (broad SMARTS) is 1. The molecule has 33 heavy (non-hydrogen) atoms. The second-order valence-electron chi connectivity index (χ2n) is 8.88. The fraction of sp³-hybridized carbons (Fsp3) is 0.400. The fourth-order valence-electron chi connectivity index (χ4n) is 4.67. The lowest BCUT2D eigenvalue weighted by molar-refractivity contribution is -0.137. The van der Waals surface area contributed by atoms with Crippen LogP contribution in [0.3, 0.4) is 0 Å². The van der Waals surface area contributed by atoms with Gasteiger partial charge in [-0.25, -0.2) is 4.98 Å². The smallest absolute Gasteiger partial charge is 0.304 e. The van der Waals surface area contributed by atoms with Crippen LogP contribution in [0.5, 0.6) is 0 Å². The molecule has 2 aliphatic rings. The highest BCUT2D eigenvalue weighted by Crippen LogP contribution is 2.51. The average molecular weight is 447 g/mol. The third-order valence-corrected chi connectivity index (χ3v) is 6.48. The molecule has 4 atom stereocenters. The summed E-state index contributed by atoms with van der Waals surface area (Å²) in [7, 11) is 0. The predicted molar refractivity (Wildman–Crippen MR) is 120 cm³/mol. The largest absolute Gasteiger partial charge is 0.481 e. The topological polar surface area (TPSA) is 105 Å². The van der Waals surface area contributed by atoms with E-state index in [2.05, 4.69) is 26.9 Å². The number of aliphatic hydroxyl groups is 1. The molecule has 8 heteroatoms. The van der Waals surface area contributed by atoms with Crippen molar-refractivity contribution in [2.45, 2.75) is 26.0 Å². The van der Waals surface area contributed by atoms with Crippen LogP contribution in [0.4, 0.5) is 0 Å². The zero-order valence-corrected chi connectivity index (χ0v) is 18.4. The third kappa shape index (κ3) is 4.70. The number of rotatable bonds is 7. The van der Waals surface area contributed by atoms with Crippen LogP contribution < -0.4 is 0 Å². The van der Waals surface area contributed by atoms with Crippen LogP contribution in [0.25, 0.3) is 11.3 Å². The lowest BCUT2D eigenvalue weighted by Gasteiger charge is -2.16. The lowest BCUT2D eigenvalue weighted by atomic mass is 10.1. The number of fused-ring (bicyclic) bond motifs is 1. The molecule has 0 spiro atoms. The van der Waals surface area contributed by atoms with E-state index in [4.69, 9.17) is 9.63 Å². The highest BCUT2D eigenvalue weighted by molar-refractivity contribution is 5.66. The SMILES string of the molecule is C[C@H](O)c1nccn1Cc1cc(-c2ccc(C#C[C@@H]3[C@H]4CN(CCC(=O)O)C[C@@H]34)cc2)on1. The second kappa shape index (κ2) is 8.85. The van der Waals surface area contributed by atoms with Gasteiger partial charge in [0.15, 0.2) is 5.76 Å². The van der Waals surface area contributed by atoms with Crippen LogP contribution in [0, 0.1) is 29.6 Å². The summed E-state index contributed by atoms with van der Waals surface area (Å²) in [6, 6.07) is 9.84. The molecule has 2 aromatic heterocycles. The molecule has 1 aliphatic carbocycles. The highest BCUT2D eigenvalue weighted by Gasteiger charge is 2.54. The summed E-state index contributed by atoms with van der Waals surface area (Å²) >= 11 is 0. The zero-order chi connectivity index (χ0) is 22.9. The number of benzene rings is 1. The van der Waals surface area contributed by atoms with E-state index in [1.807, 2.05) is 41.1 Å². The molecule has 170 valence electrons. The quantitative estimate of drug-likeness (QED) is 0.538. The van der Waals surface area contributed by atoms with Crippen LogP contribution in [0.2, 0.25) is 0 Å². The maximum Gasteiger partial charge on any atom is 0.304 e. The van der Waals surface area contributed by atoms with E-state index in [1.54, 1.807) is 13.1 Å².